The molecule has 0 saturated carbocycles. The van der Waals surface area contributed by atoms with E-state index in [0.29, 0.717) is 11.3 Å². The van der Waals surface area contributed by atoms with Crippen LogP contribution in [0.2, 0.25) is 0 Å². The van der Waals surface area contributed by atoms with Crippen molar-refractivity contribution < 1.29 is 9.21 Å². The fourth-order valence-electron chi connectivity index (χ4n) is 1.90. The summed E-state index contributed by atoms with van der Waals surface area (Å²) in [6.07, 6.45) is 1.47. The molecule has 0 aliphatic heterocycles. The van der Waals surface area contributed by atoms with E-state index in [1.807, 2.05) is 36.4 Å². The smallest absolute Gasteiger partial charge is 0.230 e. The summed E-state index contributed by atoms with van der Waals surface area (Å²) >= 11 is 0. The number of ketones is 1. The molecule has 4 heteroatoms. The summed E-state index contributed by atoms with van der Waals surface area (Å²) < 4.78 is 5.15. The minimum atomic E-state index is -0.206. The number of carbonyl (C=O) groups excluding carboxylic acids is 1. The van der Waals surface area contributed by atoms with Gasteiger partial charge in [-0.15, -0.1) is 5.11 Å². The van der Waals surface area contributed by atoms with E-state index in [0.717, 1.165) is 5.69 Å². The van der Waals surface area contributed by atoms with Crippen LogP contribution in [0.25, 0.3) is 0 Å². The van der Waals surface area contributed by atoms with Crippen molar-refractivity contribution in [3.63, 3.8) is 0 Å². The molecule has 0 aliphatic carbocycles. The largest absolute Gasteiger partial charge is 0.461 e. The number of rotatable bonds is 4. The Balaban J connectivity index is 1.93. The maximum atomic E-state index is 12.3. The van der Waals surface area contributed by atoms with Crippen LogP contribution < -0.4 is 0 Å². The minimum absolute atomic E-state index is 0.206. The lowest BCUT2D eigenvalue weighted by molar-refractivity contribution is 0.101. The standard InChI is InChI=1S/C17H12N2O2/c20-17(16-11-6-12-21-16)14-9-4-5-10-15(14)19-18-13-7-2-1-3-8-13/h1-12H. The van der Waals surface area contributed by atoms with Gasteiger partial charge in [0, 0.05) is 0 Å². The normalized spacial score (nSPS) is 10.9. The molecule has 21 heavy (non-hydrogen) atoms. The monoisotopic (exact) mass is 276 g/mol. The maximum Gasteiger partial charge on any atom is 0.230 e. The highest BCUT2D eigenvalue weighted by Gasteiger charge is 2.15. The van der Waals surface area contributed by atoms with Gasteiger partial charge < -0.3 is 4.42 Å². The van der Waals surface area contributed by atoms with Crippen molar-refractivity contribution >= 4 is 17.2 Å². The third kappa shape index (κ3) is 2.95. The van der Waals surface area contributed by atoms with Crippen molar-refractivity contribution in [1.29, 1.82) is 0 Å². The second-order valence-corrected chi connectivity index (χ2v) is 4.36. The van der Waals surface area contributed by atoms with Gasteiger partial charge in [0.05, 0.1) is 23.2 Å². The van der Waals surface area contributed by atoms with Crippen LogP contribution in [-0.2, 0) is 0 Å². The Kier molecular flexibility index (Phi) is 3.69. The average Bonchev–Trinajstić information content (AvgIpc) is 3.08. The summed E-state index contributed by atoms with van der Waals surface area (Å²) in [6.45, 7) is 0. The number of furan rings is 1. The minimum Gasteiger partial charge on any atom is -0.461 e. The van der Waals surface area contributed by atoms with Gasteiger partial charge in [0.25, 0.3) is 0 Å². The summed E-state index contributed by atoms with van der Waals surface area (Å²) in [5, 5.41) is 8.31. The molecule has 4 nitrogen and oxygen atoms in total. The number of azo groups is 1. The molecule has 3 aromatic rings. The van der Waals surface area contributed by atoms with E-state index in [4.69, 9.17) is 4.42 Å². The van der Waals surface area contributed by atoms with Crippen LogP contribution in [0.4, 0.5) is 11.4 Å². The zero-order chi connectivity index (χ0) is 14.5. The van der Waals surface area contributed by atoms with Gasteiger partial charge in [0.2, 0.25) is 5.78 Å². The molecule has 0 amide bonds. The molecule has 102 valence electrons. The Labute approximate surface area is 121 Å². The third-order valence-electron chi connectivity index (χ3n) is 2.92. The second kappa shape index (κ2) is 5.96. The molecule has 0 aliphatic rings. The molecule has 0 unspecified atom stereocenters. The highest BCUT2D eigenvalue weighted by molar-refractivity contribution is 6.10. The lowest BCUT2D eigenvalue weighted by atomic mass is 10.1. The molecule has 1 heterocycles. The molecule has 0 N–H and O–H groups in total. The SMILES string of the molecule is O=C(c1ccco1)c1ccccc1N=Nc1ccccc1. The Morgan fingerprint density at radius 1 is 0.810 bits per heavy atom. The molecule has 0 bridgehead atoms. The molecular weight excluding hydrogens is 264 g/mol. The quantitative estimate of drug-likeness (QED) is 0.501. The van der Waals surface area contributed by atoms with Crippen LogP contribution in [0, 0.1) is 0 Å². The summed E-state index contributed by atoms with van der Waals surface area (Å²) in [4.78, 5) is 12.3. The summed E-state index contributed by atoms with van der Waals surface area (Å²) in [7, 11) is 0. The zero-order valence-corrected chi connectivity index (χ0v) is 11.1. The van der Waals surface area contributed by atoms with Gasteiger partial charge in [-0.3, -0.25) is 4.79 Å². The van der Waals surface area contributed by atoms with Gasteiger partial charge in [-0.2, -0.15) is 5.11 Å². The first kappa shape index (κ1) is 13.0. The van der Waals surface area contributed by atoms with Gasteiger partial charge in [-0.05, 0) is 36.4 Å². The van der Waals surface area contributed by atoms with Crippen LogP contribution in [0.5, 0.6) is 0 Å². The number of carbonyl (C=O) groups is 1. The van der Waals surface area contributed by atoms with Crippen molar-refractivity contribution in [3.8, 4) is 0 Å². The zero-order valence-electron chi connectivity index (χ0n) is 11.1. The van der Waals surface area contributed by atoms with Crippen LogP contribution in [0.15, 0.2) is 87.6 Å². The first-order valence-corrected chi connectivity index (χ1v) is 6.48. The first-order valence-electron chi connectivity index (χ1n) is 6.48. The molecular formula is C17H12N2O2. The van der Waals surface area contributed by atoms with E-state index >= 15 is 0 Å². The van der Waals surface area contributed by atoms with Gasteiger partial charge in [-0.1, -0.05) is 30.3 Å². The first-order chi connectivity index (χ1) is 10.3. The highest BCUT2D eigenvalue weighted by atomic mass is 16.3. The molecule has 3 rings (SSSR count). The number of benzene rings is 2. The summed E-state index contributed by atoms with van der Waals surface area (Å²) in [6, 6.07) is 19.8. The topological polar surface area (TPSA) is 54.9 Å². The lowest BCUT2D eigenvalue weighted by Crippen LogP contribution is -1.99. The van der Waals surface area contributed by atoms with E-state index in [2.05, 4.69) is 10.2 Å². The van der Waals surface area contributed by atoms with Crippen molar-refractivity contribution in [2.45, 2.75) is 0 Å². The van der Waals surface area contributed by atoms with Crippen molar-refractivity contribution in [3.05, 3.63) is 84.3 Å². The van der Waals surface area contributed by atoms with Crippen molar-refractivity contribution in [2.75, 3.05) is 0 Å². The second-order valence-electron chi connectivity index (χ2n) is 4.36. The molecule has 0 saturated heterocycles. The van der Waals surface area contributed by atoms with Crippen molar-refractivity contribution in [1.82, 2.24) is 0 Å². The number of hydrogen-bond acceptors (Lipinski definition) is 4. The molecule has 0 fully saturated rings. The Bertz CT molecular complexity index is 763. The fraction of sp³-hybridized carbons (Fsp3) is 0. The maximum absolute atomic E-state index is 12.3. The molecule has 1 aromatic heterocycles. The predicted molar refractivity (Wildman–Crippen MR) is 79.2 cm³/mol. The fourth-order valence-corrected chi connectivity index (χ4v) is 1.90. The lowest BCUT2D eigenvalue weighted by Gasteiger charge is -2.01. The van der Waals surface area contributed by atoms with Crippen LogP contribution in [0.3, 0.4) is 0 Å². The summed E-state index contributed by atoms with van der Waals surface area (Å²) in [5.74, 6) is 0.0833. The Morgan fingerprint density at radius 2 is 1.57 bits per heavy atom. The highest BCUT2D eigenvalue weighted by Crippen LogP contribution is 2.24. The number of nitrogens with zero attached hydrogens (tertiary/aromatic N) is 2. The molecule has 2 aromatic carbocycles. The molecule has 0 spiro atoms. The average molecular weight is 276 g/mol. The van der Waals surface area contributed by atoms with Crippen LogP contribution >= 0.6 is 0 Å². The summed E-state index contributed by atoms with van der Waals surface area (Å²) in [5.41, 5.74) is 1.72. The third-order valence-corrected chi connectivity index (χ3v) is 2.92. The predicted octanol–water partition coefficient (Wildman–Crippen LogP) is 4.93. The molecule has 0 atom stereocenters. The van der Waals surface area contributed by atoms with E-state index in [1.165, 1.54) is 6.26 Å². The van der Waals surface area contributed by atoms with Gasteiger partial charge >= 0.3 is 0 Å². The van der Waals surface area contributed by atoms with E-state index in [9.17, 15) is 4.79 Å². The Morgan fingerprint density at radius 3 is 2.33 bits per heavy atom. The van der Waals surface area contributed by atoms with Crippen molar-refractivity contribution in [2.24, 2.45) is 10.2 Å². The van der Waals surface area contributed by atoms with E-state index < -0.39 is 0 Å². The van der Waals surface area contributed by atoms with Gasteiger partial charge in [0.15, 0.2) is 5.76 Å². The molecule has 0 radical (unpaired) electrons. The van der Waals surface area contributed by atoms with E-state index in [-0.39, 0.29) is 11.5 Å². The van der Waals surface area contributed by atoms with E-state index in [1.54, 1.807) is 30.3 Å². The van der Waals surface area contributed by atoms with Gasteiger partial charge in [-0.25, -0.2) is 0 Å². The van der Waals surface area contributed by atoms with Crippen LogP contribution in [-0.4, -0.2) is 5.78 Å². The van der Waals surface area contributed by atoms with Crippen LogP contribution in [0.1, 0.15) is 16.1 Å². The number of hydrogen-bond donors (Lipinski definition) is 0. The van der Waals surface area contributed by atoms with Gasteiger partial charge in [0.1, 0.15) is 0 Å². The Hall–Kier alpha value is -3.01.